The number of ether oxygens (including phenoxy) is 2. The van der Waals surface area contributed by atoms with E-state index in [1.807, 2.05) is 24.3 Å². The Kier molecular flexibility index (Phi) is 8.40. The zero-order valence-electron chi connectivity index (χ0n) is 20.7. The van der Waals surface area contributed by atoms with E-state index in [1.165, 1.54) is 12.0 Å². The number of hydrogen-bond acceptors (Lipinski definition) is 5. The van der Waals surface area contributed by atoms with Gasteiger partial charge in [-0.1, -0.05) is 24.3 Å². The Morgan fingerprint density at radius 1 is 1.14 bits per heavy atom. The van der Waals surface area contributed by atoms with Crippen molar-refractivity contribution in [3.05, 3.63) is 53.6 Å². The summed E-state index contributed by atoms with van der Waals surface area (Å²) in [5.41, 5.74) is 5.43. The summed E-state index contributed by atoms with van der Waals surface area (Å²) in [6, 6.07) is 16.5. The van der Waals surface area contributed by atoms with E-state index in [4.69, 9.17) is 9.47 Å². The number of fused-ring (bicyclic) bond motifs is 1. The van der Waals surface area contributed by atoms with Crippen molar-refractivity contribution in [1.29, 1.82) is 5.26 Å². The minimum Gasteiger partial charge on any atom is -0.450 e. The molecular formula is C28H34N4O3. The molecule has 1 amide bonds. The van der Waals surface area contributed by atoms with Gasteiger partial charge in [0.1, 0.15) is 6.07 Å². The molecule has 1 aliphatic heterocycles. The molecule has 184 valence electrons. The molecule has 0 radical (unpaired) electrons. The molecule has 7 heteroatoms. The van der Waals surface area contributed by atoms with Gasteiger partial charge in [0.2, 0.25) is 0 Å². The summed E-state index contributed by atoms with van der Waals surface area (Å²) < 4.78 is 12.6. The standard InChI is InChI=1S/C28H34N4O3/c1-3-32-26-18-21(8-5-6-13-31-14-16-34-17-15-31)11-12-24(26)25(20-29)27(32)22-9-7-10-23(19-22)30-28(33)35-4-2/h7,9-12,18-19H,3-6,8,13-17H2,1-2H3,(H,30,33). The highest BCUT2D eigenvalue weighted by Gasteiger charge is 2.19. The molecule has 0 bridgehead atoms. The average Bonchev–Trinajstić information content (AvgIpc) is 3.20. The Bertz CT molecular complexity index is 1200. The van der Waals surface area contributed by atoms with E-state index < -0.39 is 6.09 Å². The van der Waals surface area contributed by atoms with Crippen molar-refractivity contribution in [2.45, 2.75) is 39.7 Å². The van der Waals surface area contributed by atoms with Crippen LogP contribution in [0.4, 0.5) is 10.5 Å². The molecule has 0 aliphatic carbocycles. The molecule has 1 aromatic heterocycles. The van der Waals surface area contributed by atoms with E-state index in [1.54, 1.807) is 6.92 Å². The van der Waals surface area contributed by atoms with Crippen LogP contribution in [0.25, 0.3) is 22.2 Å². The van der Waals surface area contributed by atoms with E-state index in [-0.39, 0.29) is 0 Å². The monoisotopic (exact) mass is 474 g/mol. The Labute approximate surface area is 207 Å². The van der Waals surface area contributed by atoms with Gasteiger partial charge in [0, 0.05) is 36.3 Å². The Balaban J connectivity index is 1.57. The number of benzene rings is 2. The van der Waals surface area contributed by atoms with Crippen molar-refractivity contribution in [3.8, 4) is 17.3 Å². The highest BCUT2D eigenvalue weighted by atomic mass is 16.5. The number of aryl methyl sites for hydroxylation is 2. The lowest BCUT2D eigenvalue weighted by atomic mass is 10.0. The van der Waals surface area contributed by atoms with Gasteiger partial charge in [-0.05, 0) is 63.4 Å². The second-order valence-corrected chi connectivity index (χ2v) is 8.77. The molecule has 2 aromatic carbocycles. The largest absolute Gasteiger partial charge is 0.450 e. The predicted octanol–water partition coefficient (Wildman–Crippen LogP) is 5.42. The third-order valence-electron chi connectivity index (χ3n) is 6.51. The van der Waals surface area contributed by atoms with Crippen LogP contribution in [-0.4, -0.2) is 55.0 Å². The van der Waals surface area contributed by atoms with Gasteiger partial charge < -0.3 is 14.0 Å². The average molecular weight is 475 g/mol. The van der Waals surface area contributed by atoms with Crippen LogP contribution in [-0.2, 0) is 22.4 Å². The first kappa shape index (κ1) is 24.8. The summed E-state index contributed by atoms with van der Waals surface area (Å²) in [5.74, 6) is 0. The second kappa shape index (κ2) is 11.9. The molecule has 1 N–H and O–H groups in total. The van der Waals surface area contributed by atoms with Gasteiger partial charge in [-0.25, -0.2) is 4.79 Å². The van der Waals surface area contributed by atoms with Crippen LogP contribution < -0.4 is 5.32 Å². The molecule has 0 atom stereocenters. The van der Waals surface area contributed by atoms with E-state index in [0.29, 0.717) is 17.9 Å². The van der Waals surface area contributed by atoms with Gasteiger partial charge in [0.15, 0.2) is 0 Å². The highest BCUT2D eigenvalue weighted by molar-refractivity contribution is 5.95. The lowest BCUT2D eigenvalue weighted by Gasteiger charge is -2.26. The first-order valence-corrected chi connectivity index (χ1v) is 12.5. The number of carbonyl (C=O) groups is 1. The minimum absolute atomic E-state index is 0.309. The van der Waals surface area contributed by atoms with Crippen LogP contribution in [0.1, 0.15) is 37.8 Å². The predicted molar refractivity (Wildman–Crippen MR) is 139 cm³/mol. The zero-order chi connectivity index (χ0) is 24.6. The van der Waals surface area contributed by atoms with Gasteiger partial charge in [0.05, 0.1) is 36.6 Å². The summed E-state index contributed by atoms with van der Waals surface area (Å²) in [7, 11) is 0. The fourth-order valence-corrected chi connectivity index (χ4v) is 4.81. The van der Waals surface area contributed by atoms with Crippen LogP contribution in [0, 0.1) is 11.3 Å². The van der Waals surface area contributed by atoms with E-state index in [0.717, 1.165) is 74.4 Å². The van der Waals surface area contributed by atoms with Crippen LogP contribution in [0.15, 0.2) is 42.5 Å². The summed E-state index contributed by atoms with van der Waals surface area (Å²) in [5, 5.41) is 13.8. The van der Waals surface area contributed by atoms with Crippen LogP contribution in [0.3, 0.4) is 0 Å². The Hall–Kier alpha value is -3.34. The van der Waals surface area contributed by atoms with Crippen LogP contribution >= 0.6 is 0 Å². The summed E-state index contributed by atoms with van der Waals surface area (Å²) >= 11 is 0. The van der Waals surface area contributed by atoms with Gasteiger partial charge >= 0.3 is 6.09 Å². The second-order valence-electron chi connectivity index (χ2n) is 8.77. The number of anilines is 1. The van der Waals surface area contributed by atoms with E-state index in [2.05, 4.69) is 46.0 Å². The number of rotatable bonds is 9. The van der Waals surface area contributed by atoms with Crippen molar-refractivity contribution < 1.29 is 14.3 Å². The molecule has 3 aromatic rings. The minimum atomic E-state index is -0.487. The van der Waals surface area contributed by atoms with E-state index in [9.17, 15) is 10.1 Å². The van der Waals surface area contributed by atoms with E-state index >= 15 is 0 Å². The number of amides is 1. The van der Waals surface area contributed by atoms with Crippen LogP contribution in [0.2, 0.25) is 0 Å². The third kappa shape index (κ3) is 5.84. The Morgan fingerprint density at radius 2 is 1.97 bits per heavy atom. The SMILES string of the molecule is CCOC(=O)Nc1cccc(-c2c(C#N)c3ccc(CCCCN4CCOCC4)cc3n2CC)c1. The number of hydrogen-bond donors (Lipinski definition) is 1. The molecule has 0 unspecified atom stereocenters. The molecule has 35 heavy (non-hydrogen) atoms. The van der Waals surface area contributed by atoms with Crippen molar-refractivity contribution in [3.63, 3.8) is 0 Å². The number of carbonyl (C=O) groups excluding carboxylic acids is 1. The topological polar surface area (TPSA) is 79.5 Å². The number of morpholine rings is 1. The third-order valence-corrected chi connectivity index (χ3v) is 6.51. The maximum atomic E-state index is 11.9. The zero-order valence-corrected chi connectivity index (χ0v) is 20.7. The van der Waals surface area contributed by atoms with Gasteiger partial charge in [0.25, 0.3) is 0 Å². The molecule has 7 nitrogen and oxygen atoms in total. The summed E-state index contributed by atoms with van der Waals surface area (Å²) in [6.45, 7) is 9.79. The first-order chi connectivity index (χ1) is 17.1. The quantitative estimate of drug-likeness (QED) is 0.419. The lowest BCUT2D eigenvalue weighted by molar-refractivity contribution is 0.0372. The van der Waals surface area contributed by atoms with Crippen LogP contribution in [0.5, 0.6) is 0 Å². The van der Waals surface area contributed by atoms with Gasteiger partial charge in [-0.15, -0.1) is 0 Å². The molecule has 1 saturated heterocycles. The summed E-state index contributed by atoms with van der Waals surface area (Å²) in [4.78, 5) is 14.4. The number of aromatic nitrogens is 1. The normalized spacial score (nSPS) is 14.1. The molecular weight excluding hydrogens is 440 g/mol. The van der Waals surface area contributed by atoms with Crippen molar-refractivity contribution in [1.82, 2.24) is 9.47 Å². The smallest absolute Gasteiger partial charge is 0.411 e. The number of unbranched alkanes of at least 4 members (excludes halogenated alkanes) is 1. The molecule has 4 rings (SSSR count). The summed E-state index contributed by atoms with van der Waals surface area (Å²) in [6.07, 6.45) is 2.84. The number of nitriles is 1. The fraction of sp³-hybridized carbons (Fsp3) is 0.429. The highest BCUT2D eigenvalue weighted by Crippen LogP contribution is 2.35. The molecule has 1 fully saturated rings. The maximum Gasteiger partial charge on any atom is 0.411 e. The van der Waals surface area contributed by atoms with Crippen molar-refractivity contribution in [2.24, 2.45) is 0 Å². The molecule has 2 heterocycles. The number of nitrogens with one attached hydrogen (secondary N) is 1. The maximum absolute atomic E-state index is 11.9. The first-order valence-electron chi connectivity index (χ1n) is 12.5. The number of nitrogens with zero attached hydrogens (tertiary/aromatic N) is 3. The molecule has 0 spiro atoms. The van der Waals surface area contributed by atoms with Gasteiger partial charge in [-0.2, -0.15) is 5.26 Å². The lowest BCUT2D eigenvalue weighted by Crippen LogP contribution is -2.36. The Morgan fingerprint density at radius 3 is 2.71 bits per heavy atom. The van der Waals surface area contributed by atoms with Gasteiger partial charge in [-0.3, -0.25) is 10.2 Å². The molecule has 0 saturated carbocycles. The van der Waals surface area contributed by atoms with Crippen molar-refractivity contribution >= 4 is 22.7 Å². The van der Waals surface area contributed by atoms with Crippen molar-refractivity contribution in [2.75, 3.05) is 44.8 Å². The fourth-order valence-electron chi connectivity index (χ4n) is 4.81. The molecule has 1 aliphatic rings.